The van der Waals surface area contributed by atoms with Gasteiger partial charge in [-0.1, -0.05) is 24.3 Å². The Bertz CT molecular complexity index is 1130. The van der Waals surface area contributed by atoms with E-state index in [0.717, 1.165) is 45.6 Å². The van der Waals surface area contributed by atoms with E-state index < -0.39 is 0 Å². The molecular formula is C27H27NO3S. The summed E-state index contributed by atoms with van der Waals surface area (Å²) in [5.41, 5.74) is 5.83. The van der Waals surface area contributed by atoms with Crippen molar-refractivity contribution in [3.63, 3.8) is 0 Å². The van der Waals surface area contributed by atoms with Gasteiger partial charge in [0.2, 0.25) is 5.12 Å². The van der Waals surface area contributed by atoms with Gasteiger partial charge in [0.05, 0.1) is 5.70 Å². The molecule has 1 heterocycles. The lowest BCUT2D eigenvalue weighted by atomic mass is 9.48. The van der Waals surface area contributed by atoms with Crippen molar-refractivity contribution in [1.29, 1.82) is 0 Å². The summed E-state index contributed by atoms with van der Waals surface area (Å²) >= 11 is 0.695. The number of rotatable bonds is 3. The molecule has 1 aliphatic heterocycles. The molecule has 0 aromatic heterocycles. The zero-order valence-electron chi connectivity index (χ0n) is 18.2. The number of phenols is 1. The van der Waals surface area contributed by atoms with Gasteiger partial charge in [0, 0.05) is 17.3 Å². The number of carbonyl (C=O) groups is 2. The summed E-state index contributed by atoms with van der Waals surface area (Å²) in [7, 11) is 0. The van der Waals surface area contributed by atoms with Crippen LogP contribution >= 0.6 is 11.8 Å². The smallest absolute Gasteiger partial charge is 0.291 e. The van der Waals surface area contributed by atoms with Crippen LogP contribution < -0.4 is 5.32 Å². The van der Waals surface area contributed by atoms with Crippen LogP contribution in [0.25, 0.3) is 17.2 Å². The van der Waals surface area contributed by atoms with Crippen LogP contribution in [-0.4, -0.2) is 15.5 Å². The predicted molar refractivity (Wildman–Crippen MR) is 127 cm³/mol. The highest BCUT2D eigenvalue weighted by atomic mass is 32.2. The lowest BCUT2D eigenvalue weighted by Gasteiger charge is -2.57. The van der Waals surface area contributed by atoms with Crippen molar-refractivity contribution in [3.05, 3.63) is 58.8 Å². The Kier molecular flexibility index (Phi) is 4.55. The second-order valence-electron chi connectivity index (χ2n) is 10.4. The minimum absolute atomic E-state index is 0.143. The average Bonchev–Trinajstić information content (AvgIpc) is 3.04. The number of amides is 1. The Morgan fingerprint density at radius 2 is 1.62 bits per heavy atom. The third-order valence-corrected chi connectivity index (χ3v) is 8.82. The molecule has 0 unspecified atom stereocenters. The molecule has 4 saturated carbocycles. The van der Waals surface area contributed by atoms with Crippen molar-refractivity contribution in [2.75, 3.05) is 0 Å². The molecule has 7 rings (SSSR count). The van der Waals surface area contributed by atoms with Crippen molar-refractivity contribution in [2.24, 2.45) is 17.8 Å². The van der Waals surface area contributed by atoms with Crippen molar-refractivity contribution < 1.29 is 14.7 Å². The maximum atomic E-state index is 11.8. The number of aryl methyl sites for hydroxylation is 1. The zero-order valence-corrected chi connectivity index (χ0v) is 19.0. The fraction of sp³-hybridized carbons (Fsp3) is 0.407. The molecule has 4 aliphatic carbocycles. The van der Waals surface area contributed by atoms with Gasteiger partial charge in [0.15, 0.2) is 0 Å². The van der Waals surface area contributed by atoms with E-state index in [1.165, 1.54) is 38.5 Å². The van der Waals surface area contributed by atoms with Crippen LogP contribution in [0.3, 0.4) is 0 Å². The number of carbonyl (C=O) groups excluding carboxylic acids is 2. The molecule has 2 N–H and O–H groups in total. The van der Waals surface area contributed by atoms with Crippen molar-refractivity contribution in [2.45, 2.75) is 50.9 Å². The van der Waals surface area contributed by atoms with Gasteiger partial charge in [-0.25, -0.2) is 0 Å². The summed E-state index contributed by atoms with van der Waals surface area (Å²) in [4.78, 5) is 23.2. The van der Waals surface area contributed by atoms with E-state index in [2.05, 4.69) is 30.4 Å². The Morgan fingerprint density at radius 3 is 2.19 bits per heavy atom. The molecule has 4 bridgehead atoms. The molecule has 0 atom stereocenters. The first kappa shape index (κ1) is 20.1. The molecule has 2 aromatic rings. The molecule has 4 nitrogen and oxygen atoms in total. The van der Waals surface area contributed by atoms with Crippen LogP contribution in [0.5, 0.6) is 5.75 Å². The lowest BCUT2D eigenvalue weighted by molar-refractivity contribution is -0.107. The number of benzene rings is 2. The maximum Gasteiger partial charge on any atom is 0.291 e. The first-order valence-electron chi connectivity index (χ1n) is 11.6. The van der Waals surface area contributed by atoms with Gasteiger partial charge in [-0.05, 0) is 109 Å². The van der Waals surface area contributed by atoms with Crippen LogP contribution in [0.2, 0.25) is 0 Å². The van der Waals surface area contributed by atoms with E-state index in [4.69, 9.17) is 0 Å². The molecule has 5 heteroatoms. The molecular weight excluding hydrogens is 418 g/mol. The topological polar surface area (TPSA) is 66.4 Å². The minimum atomic E-state index is -0.324. The maximum absolute atomic E-state index is 11.8. The van der Waals surface area contributed by atoms with Crippen LogP contribution in [0, 0.1) is 24.7 Å². The molecule has 0 spiro atoms. The van der Waals surface area contributed by atoms with E-state index in [1.54, 1.807) is 6.08 Å². The van der Waals surface area contributed by atoms with Crippen molar-refractivity contribution >= 4 is 28.2 Å². The van der Waals surface area contributed by atoms with E-state index in [0.29, 0.717) is 23.2 Å². The summed E-state index contributed by atoms with van der Waals surface area (Å²) in [5, 5.41) is 13.0. The van der Waals surface area contributed by atoms with Crippen LogP contribution in [0.1, 0.15) is 55.2 Å². The first-order valence-corrected chi connectivity index (χ1v) is 12.4. The number of aromatic hydroxyl groups is 1. The second kappa shape index (κ2) is 7.24. The third-order valence-electron chi connectivity index (χ3n) is 8.13. The third kappa shape index (κ3) is 3.29. The largest absolute Gasteiger partial charge is 0.508 e. The molecule has 5 fully saturated rings. The van der Waals surface area contributed by atoms with Crippen molar-refractivity contribution in [1.82, 2.24) is 5.32 Å². The van der Waals surface area contributed by atoms with Gasteiger partial charge in [0.1, 0.15) is 5.75 Å². The Balaban J connectivity index is 1.34. The molecule has 1 saturated heterocycles. The fourth-order valence-corrected chi connectivity index (χ4v) is 7.76. The SMILES string of the molecule is Cc1cc(O)c(C23CC4CC(CC(C4)C2)C3)cc1-c1ccc(C=C2NC(=O)SC2=O)cc1. The summed E-state index contributed by atoms with van der Waals surface area (Å²) in [6, 6.07) is 12.3. The number of hydrogen-bond donors (Lipinski definition) is 2. The highest BCUT2D eigenvalue weighted by molar-refractivity contribution is 8.27. The van der Waals surface area contributed by atoms with E-state index >= 15 is 0 Å². The molecule has 0 radical (unpaired) electrons. The van der Waals surface area contributed by atoms with E-state index in [-0.39, 0.29) is 15.8 Å². The standard InChI is InChI=1S/C27H27NO3S/c1-15-6-24(29)22(27-12-17-7-18(13-27)9-19(8-17)14-27)11-21(15)20-4-2-16(3-5-20)10-23-25(30)32-26(31)28-23/h2-6,10-11,17-19,29H,7-9,12-14H2,1H3,(H,28,31). The molecule has 32 heavy (non-hydrogen) atoms. The van der Waals surface area contributed by atoms with Gasteiger partial charge in [0.25, 0.3) is 5.24 Å². The summed E-state index contributed by atoms with van der Waals surface area (Å²) in [6.45, 7) is 2.05. The molecule has 1 amide bonds. The number of hydrogen-bond acceptors (Lipinski definition) is 4. The van der Waals surface area contributed by atoms with E-state index in [1.807, 2.05) is 18.2 Å². The van der Waals surface area contributed by atoms with Crippen LogP contribution in [-0.2, 0) is 10.2 Å². The second-order valence-corrected chi connectivity index (χ2v) is 11.3. The highest BCUT2D eigenvalue weighted by Gasteiger charge is 2.52. The summed E-state index contributed by atoms with van der Waals surface area (Å²) in [5.74, 6) is 2.95. The first-order chi connectivity index (χ1) is 15.4. The van der Waals surface area contributed by atoms with Gasteiger partial charge >= 0.3 is 0 Å². The Labute approximate surface area is 192 Å². The Hall–Kier alpha value is -2.53. The molecule has 164 valence electrons. The summed E-state index contributed by atoms with van der Waals surface area (Å²) in [6.07, 6.45) is 9.54. The highest BCUT2D eigenvalue weighted by Crippen LogP contribution is 2.62. The number of phenolic OH excluding ortho intramolecular Hbond substituents is 1. The monoisotopic (exact) mass is 445 g/mol. The van der Waals surface area contributed by atoms with Gasteiger partial charge in [-0.2, -0.15) is 0 Å². The number of thioether (sulfide) groups is 1. The van der Waals surface area contributed by atoms with Crippen LogP contribution in [0.4, 0.5) is 4.79 Å². The average molecular weight is 446 g/mol. The minimum Gasteiger partial charge on any atom is -0.508 e. The van der Waals surface area contributed by atoms with Gasteiger partial charge in [-0.3, -0.25) is 9.59 Å². The van der Waals surface area contributed by atoms with Crippen molar-refractivity contribution in [3.8, 4) is 16.9 Å². The molecule has 2 aromatic carbocycles. The van der Waals surface area contributed by atoms with Crippen LogP contribution in [0.15, 0.2) is 42.1 Å². The predicted octanol–water partition coefficient (Wildman–Crippen LogP) is 6.16. The zero-order chi connectivity index (χ0) is 22.0. The van der Waals surface area contributed by atoms with Gasteiger partial charge < -0.3 is 10.4 Å². The Morgan fingerprint density at radius 1 is 1.00 bits per heavy atom. The van der Waals surface area contributed by atoms with E-state index in [9.17, 15) is 14.7 Å². The van der Waals surface area contributed by atoms with Gasteiger partial charge in [-0.15, -0.1) is 0 Å². The number of nitrogens with one attached hydrogen (secondary N) is 1. The fourth-order valence-electron chi connectivity index (χ4n) is 7.22. The quantitative estimate of drug-likeness (QED) is 0.555. The normalized spacial score (nSPS) is 32.0. The molecule has 5 aliphatic rings. The lowest BCUT2D eigenvalue weighted by Crippen LogP contribution is -2.48. The summed E-state index contributed by atoms with van der Waals surface area (Å²) < 4.78 is 0.